The molecule has 8 nitrogen and oxygen atoms in total. The van der Waals surface area contributed by atoms with Crippen molar-refractivity contribution in [2.45, 2.75) is 309 Å². The molecule has 0 saturated carbocycles. The number of likely N-dealkylation sites (N-methyl/N-ethyl adjacent to an activating group) is 1. The molecule has 0 aliphatic heterocycles. The zero-order valence-corrected chi connectivity index (χ0v) is 47.0. The molecular weight excluding hydrogens is 864 g/mol. The van der Waals surface area contributed by atoms with Gasteiger partial charge in [0, 0.05) is 6.42 Å². The van der Waals surface area contributed by atoms with Gasteiger partial charge in [0.25, 0.3) is 7.82 Å². The number of carbonyl (C=O) groups is 1. The molecule has 0 aliphatic carbocycles. The van der Waals surface area contributed by atoms with Gasteiger partial charge in [-0.15, -0.1) is 0 Å². The first-order valence-electron chi connectivity index (χ1n) is 29.7. The number of carbonyl (C=O) groups excluding carboxylic acids is 1. The minimum Gasteiger partial charge on any atom is -0.756 e. The Morgan fingerprint density at radius 2 is 0.853 bits per heavy atom. The lowest BCUT2D eigenvalue weighted by atomic mass is 10.0. The van der Waals surface area contributed by atoms with Crippen molar-refractivity contribution in [2.75, 3.05) is 40.9 Å². The molecule has 0 aromatic carbocycles. The summed E-state index contributed by atoms with van der Waals surface area (Å²) in [5.74, 6) is -0.160. The SMILES string of the molecule is CCCCCCC/C=C\C/C=C\CCCCCCCCCCCCCCCCCC(=O)NC(COP(=O)([O-])OCC[N+](C)(C)C)C(O)CCCCCCCCCCCCCCCCCCCCC. The molecule has 0 rings (SSSR count). The predicted molar refractivity (Wildman–Crippen MR) is 293 cm³/mol. The van der Waals surface area contributed by atoms with Gasteiger partial charge in [0.1, 0.15) is 13.2 Å². The van der Waals surface area contributed by atoms with Crippen LogP contribution in [0.4, 0.5) is 0 Å². The van der Waals surface area contributed by atoms with Gasteiger partial charge in [-0.2, -0.15) is 0 Å². The fraction of sp³-hybridized carbons (Fsp3) is 0.915. The minimum atomic E-state index is -4.57. The highest BCUT2D eigenvalue weighted by Crippen LogP contribution is 2.38. The summed E-state index contributed by atoms with van der Waals surface area (Å²) in [6.07, 6.45) is 63.5. The van der Waals surface area contributed by atoms with E-state index in [-0.39, 0.29) is 19.1 Å². The van der Waals surface area contributed by atoms with Crippen LogP contribution in [0.25, 0.3) is 0 Å². The molecule has 0 saturated heterocycles. The third-order valence-corrected chi connectivity index (χ3v) is 14.7. The Bertz CT molecular complexity index is 1160. The number of hydrogen-bond donors (Lipinski definition) is 2. The van der Waals surface area contributed by atoms with Crippen molar-refractivity contribution < 1.29 is 32.9 Å². The summed E-state index contributed by atoms with van der Waals surface area (Å²) in [7, 11) is 1.32. The first kappa shape index (κ1) is 67.0. The van der Waals surface area contributed by atoms with Crippen molar-refractivity contribution in [3.8, 4) is 0 Å². The maximum absolute atomic E-state index is 13.0. The largest absolute Gasteiger partial charge is 0.756 e. The average molecular weight is 982 g/mol. The van der Waals surface area contributed by atoms with Gasteiger partial charge in [-0.25, -0.2) is 0 Å². The highest BCUT2D eigenvalue weighted by molar-refractivity contribution is 7.45. The molecule has 0 heterocycles. The topological polar surface area (TPSA) is 108 Å². The van der Waals surface area contributed by atoms with Crippen LogP contribution in [0.3, 0.4) is 0 Å². The molecule has 3 unspecified atom stereocenters. The number of phosphoric acid groups is 1. The third-order valence-electron chi connectivity index (χ3n) is 13.7. The molecule has 68 heavy (non-hydrogen) atoms. The smallest absolute Gasteiger partial charge is 0.268 e. The monoisotopic (exact) mass is 981 g/mol. The zero-order valence-electron chi connectivity index (χ0n) is 46.1. The van der Waals surface area contributed by atoms with Gasteiger partial charge >= 0.3 is 0 Å². The van der Waals surface area contributed by atoms with E-state index in [2.05, 4.69) is 43.5 Å². The van der Waals surface area contributed by atoms with Crippen LogP contribution in [0, 0.1) is 0 Å². The number of amides is 1. The highest BCUT2D eigenvalue weighted by atomic mass is 31.2. The molecule has 3 atom stereocenters. The Morgan fingerprint density at radius 3 is 1.22 bits per heavy atom. The number of aliphatic hydroxyl groups is 1. The average Bonchev–Trinajstić information content (AvgIpc) is 3.30. The van der Waals surface area contributed by atoms with E-state index in [1.165, 1.54) is 225 Å². The number of hydrogen-bond acceptors (Lipinski definition) is 6. The summed E-state index contributed by atoms with van der Waals surface area (Å²) < 4.78 is 23.4. The molecule has 0 radical (unpaired) electrons. The first-order chi connectivity index (χ1) is 33.0. The lowest BCUT2D eigenvalue weighted by Gasteiger charge is -2.30. The molecule has 0 aliphatic rings. The Morgan fingerprint density at radius 1 is 0.515 bits per heavy atom. The Hall–Kier alpha value is -1.02. The second-order valence-electron chi connectivity index (χ2n) is 21.7. The highest BCUT2D eigenvalue weighted by Gasteiger charge is 2.24. The second kappa shape index (κ2) is 50.9. The second-order valence-corrected chi connectivity index (χ2v) is 23.1. The summed E-state index contributed by atoms with van der Waals surface area (Å²) in [5, 5.41) is 14.0. The number of nitrogens with zero attached hydrogens (tertiary/aromatic N) is 1. The number of allylic oxidation sites excluding steroid dienone is 4. The quantitative estimate of drug-likeness (QED) is 0.0272. The van der Waals surface area contributed by atoms with Crippen molar-refractivity contribution in [1.29, 1.82) is 0 Å². The first-order valence-corrected chi connectivity index (χ1v) is 31.1. The van der Waals surface area contributed by atoms with Gasteiger partial charge in [-0.05, 0) is 44.9 Å². The molecular formula is C59H117N2O6P. The van der Waals surface area contributed by atoms with Gasteiger partial charge < -0.3 is 28.8 Å². The van der Waals surface area contributed by atoms with Crippen molar-refractivity contribution in [3.63, 3.8) is 0 Å². The van der Waals surface area contributed by atoms with Crippen molar-refractivity contribution in [2.24, 2.45) is 0 Å². The van der Waals surface area contributed by atoms with Crippen LogP contribution in [0.5, 0.6) is 0 Å². The van der Waals surface area contributed by atoms with Crippen molar-refractivity contribution in [1.82, 2.24) is 5.32 Å². The fourth-order valence-corrected chi connectivity index (χ4v) is 9.74. The number of rotatable bonds is 55. The van der Waals surface area contributed by atoms with Crippen LogP contribution in [0.1, 0.15) is 296 Å². The number of phosphoric ester groups is 1. The van der Waals surface area contributed by atoms with Gasteiger partial charge in [-0.3, -0.25) is 9.36 Å². The van der Waals surface area contributed by atoms with Crippen LogP contribution in [0.2, 0.25) is 0 Å². The number of quaternary nitrogens is 1. The van der Waals surface area contributed by atoms with Crippen LogP contribution < -0.4 is 10.2 Å². The molecule has 9 heteroatoms. The summed E-state index contributed by atoms with van der Waals surface area (Å²) in [6.45, 7) is 4.75. The summed E-state index contributed by atoms with van der Waals surface area (Å²) in [5.41, 5.74) is 0. The molecule has 404 valence electrons. The van der Waals surface area contributed by atoms with E-state index in [0.717, 1.165) is 44.9 Å². The Kier molecular flexibility index (Phi) is 50.1. The van der Waals surface area contributed by atoms with E-state index in [1.807, 2.05) is 21.1 Å². The Labute approximate surface area is 424 Å². The van der Waals surface area contributed by atoms with Crippen molar-refractivity contribution >= 4 is 13.7 Å². The van der Waals surface area contributed by atoms with Crippen LogP contribution in [0.15, 0.2) is 24.3 Å². The number of nitrogens with one attached hydrogen (secondary N) is 1. The summed E-state index contributed by atoms with van der Waals surface area (Å²) in [4.78, 5) is 25.5. The van der Waals surface area contributed by atoms with E-state index in [0.29, 0.717) is 23.9 Å². The van der Waals surface area contributed by atoms with E-state index in [1.54, 1.807) is 0 Å². The van der Waals surface area contributed by atoms with E-state index in [4.69, 9.17) is 9.05 Å². The lowest BCUT2D eigenvalue weighted by Crippen LogP contribution is -2.46. The number of aliphatic hydroxyl groups excluding tert-OH is 1. The van der Waals surface area contributed by atoms with Gasteiger partial charge in [0.2, 0.25) is 5.91 Å². The lowest BCUT2D eigenvalue weighted by molar-refractivity contribution is -0.870. The maximum atomic E-state index is 13.0. The van der Waals surface area contributed by atoms with Gasteiger partial charge in [0.05, 0.1) is 39.9 Å². The van der Waals surface area contributed by atoms with E-state index >= 15 is 0 Å². The molecule has 0 aromatic heterocycles. The molecule has 0 aromatic rings. The summed E-state index contributed by atoms with van der Waals surface area (Å²) >= 11 is 0. The molecule has 0 fully saturated rings. The van der Waals surface area contributed by atoms with Crippen LogP contribution in [-0.2, 0) is 18.4 Å². The molecule has 0 spiro atoms. The number of unbranched alkanes of at least 4 members (excludes halogenated alkanes) is 38. The van der Waals surface area contributed by atoms with Crippen LogP contribution in [-0.4, -0.2) is 68.5 Å². The normalized spacial score (nSPS) is 14.0. The van der Waals surface area contributed by atoms with Gasteiger partial charge in [-0.1, -0.05) is 269 Å². The fourth-order valence-electron chi connectivity index (χ4n) is 9.01. The maximum Gasteiger partial charge on any atom is 0.268 e. The molecule has 1 amide bonds. The zero-order chi connectivity index (χ0) is 49.9. The minimum absolute atomic E-state index is 0.0141. The predicted octanol–water partition coefficient (Wildman–Crippen LogP) is 17.4. The molecule has 2 N–H and O–H groups in total. The standard InChI is InChI=1S/C59H117N2O6P/c1-6-8-10-12-14-16-18-20-22-24-26-27-28-29-30-31-32-33-35-37-39-41-43-45-47-49-51-53-59(63)60-57(56-67-68(64,65)66-55-54-61(3,4)5)58(62)52-50-48-46-44-42-40-38-36-34-25-23-21-19-17-15-13-11-9-7-2/h18,20,24,26,57-58,62H,6-17,19,21-23,25,27-56H2,1-5H3,(H-,60,63,64,65)/b20-18-,26-24-. The van der Waals surface area contributed by atoms with Gasteiger partial charge in [0.15, 0.2) is 0 Å². The van der Waals surface area contributed by atoms with Crippen molar-refractivity contribution in [3.05, 3.63) is 24.3 Å². The Balaban J connectivity index is 4.11. The third kappa shape index (κ3) is 52.8. The molecule has 0 bridgehead atoms. The van der Waals surface area contributed by atoms with E-state index < -0.39 is 20.0 Å². The summed E-state index contributed by atoms with van der Waals surface area (Å²) in [6, 6.07) is -0.799. The van der Waals surface area contributed by atoms with E-state index in [9.17, 15) is 19.4 Å². The van der Waals surface area contributed by atoms with Crippen LogP contribution >= 0.6 is 7.82 Å².